The summed E-state index contributed by atoms with van der Waals surface area (Å²) in [6.07, 6.45) is 0.705. The average molecular weight is 330 g/mol. The lowest BCUT2D eigenvalue weighted by Crippen LogP contribution is -2.16. The molecule has 0 saturated carbocycles. The van der Waals surface area contributed by atoms with Crippen molar-refractivity contribution in [2.45, 2.75) is 13.0 Å². The average Bonchev–Trinajstić information content (AvgIpc) is 2.66. The van der Waals surface area contributed by atoms with Gasteiger partial charge >= 0.3 is 0 Å². The molecule has 3 aromatic carbocycles. The van der Waals surface area contributed by atoms with Crippen molar-refractivity contribution in [3.63, 3.8) is 0 Å². The smallest absolute Gasteiger partial charge is 0.197 e. The molecule has 0 amide bonds. The van der Waals surface area contributed by atoms with Gasteiger partial charge < -0.3 is 9.47 Å². The SMILES string of the molecule is COc1cc(OCc2ccccc2)cc2c1C(=O)c1ccccc1C2. The maximum atomic E-state index is 12.9. The highest BCUT2D eigenvalue weighted by Crippen LogP contribution is 2.36. The summed E-state index contributed by atoms with van der Waals surface area (Å²) in [4.78, 5) is 12.9. The van der Waals surface area contributed by atoms with E-state index in [4.69, 9.17) is 9.47 Å². The number of ether oxygens (including phenoxy) is 2. The predicted molar refractivity (Wildman–Crippen MR) is 96.4 cm³/mol. The molecule has 0 bridgehead atoms. The van der Waals surface area contributed by atoms with Gasteiger partial charge in [0.1, 0.15) is 18.1 Å². The fraction of sp³-hybridized carbons (Fsp3) is 0.136. The molecule has 4 rings (SSSR count). The van der Waals surface area contributed by atoms with Crippen molar-refractivity contribution in [2.24, 2.45) is 0 Å². The van der Waals surface area contributed by atoms with E-state index in [0.29, 0.717) is 30.1 Å². The normalized spacial score (nSPS) is 12.3. The standard InChI is InChI=1S/C22H18O3/c1-24-20-13-18(25-14-15-7-3-2-4-8-15)12-17-11-16-9-5-6-10-19(16)22(23)21(17)20/h2-10,12-13H,11,14H2,1H3. The molecule has 1 aliphatic rings. The third-order valence-electron chi connectivity index (χ3n) is 4.50. The Morgan fingerprint density at radius 1 is 0.920 bits per heavy atom. The Balaban J connectivity index is 1.68. The van der Waals surface area contributed by atoms with Crippen LogP contribution in [0.25, 0.3) is 0 Å². The van der Waals surface area contributed by atoms with Crippen molar-refractivity contribution in [2.75, 3.05) is 7.11 Å². The van der Waals surface area contributed by atoms with Crippen LogP contribution in [0.15, 0.2) is 66.7 Å². The lowest BCUT2D eigenvalue weighted by atomic mass is 9.84. The fourth-order valence-electron chi connectivity index (χ4n) is 3.26. The van der Waals surface area contributed by atoms with E-state index >= 15 is 0 Å². The lowest BCUT2D eigenvalue weighted by molar-refractivity contribution is 0.103. The molecule has 0 spiro atoms. The van der Waals surface area contributed by atoms with Crippen molar-refractivity contribution in [1.82, 2.24) is 0 Å². The van der Waals surface area contributed by atoms with E-state index < -0.39 is 0 Å². The molecule has 124 valence electrons. The van der Waals surface area contributed by atoms with Crippen LogP contribution in [-0.4, -0.2) is 12.9 Å². The Morgan fingerprint density at radius 3 is 2.48 bits per heavy atom. The van der Waals surface area contributed by atoms with Crippen molar-refractivity contribution >= 4 is 5.78 Å². The minimum absolute atomic E-state index is 0.0170. The van der Waals surface area contributed by atoms with Gasteiger partial charge in [-0.25, -0.2) is 0 Å². The van der Waals surface area contributed by atoms with Crippen LogP contribution in [0.4, 0.5) is 0 Å². The summed E-state index contributed by atoms with van der Waals surface area (Å²) in [6, 6.07) is 21.5. The first-order valence-electron chi connectivity index (χ1n) is 8.26. The second kappa shape index (κ2) is 6.44. The summed E-state index contributed by atoms with van der Waals surface area (Å²) >= 11 is 0. The van der Waals surface area contributed by atoms with Crippen LogP contribution < -0.4 is 9.47 Å². The summed E-state index contributed by atoms with van der Waals surface area (Å²) in [7, 11) is 1.59. The third kappa shape index (κ3) is 2.89. The Kier molecular flexibility index (Phi) is 3.98. The van der Waals surface area contributed by atoms with E-state index in [1.165, 1.54) is 0 Å². The number of methoxy groups -OCH3 is 1. The van der Waals surface area contributed by atoms with Crippen LogP contribution in [0.5, 0.6) is 11.5 Å². The van der Waals surface area contributed by atoms with Crippen molar-refractivity contribution < 1.29 is 14.3 Å². The summed E-state index contributed by atoms with van der Waals surface area (Å²) in [5.41, 5.74) is 4.49. The molecule has 3 heteroatoms. The molecule has 0 fully saturated rings. The molecular weight excluding hydrogens is 312 g/mol. The fourth-order valence-corrected chi connectivity index (χ4v) is 3.26. The Morgan fingerprint density at radius 2 is 1.68 bits per heavy atom. The van der Waals surface area contributed by atoms with Crippen LogP contribution in [0.1, 0.15) is 32.6 Å². The predicted octanol–water partition coefficient (Wildman–Crippen LogP) is 4.41. The number of carbonyl (C=O) groups excluding carboxylic acids is 1. The first-order valence-corrected chi connectivity index (χ1v) is 8.26. The topological polar surface area (TPSA) is 35.5 Å². The summed E-state index contributed by atoms with van der Waals surface area (Å²) in [5, 5.41) is 0. The van der Waals surface area contributed by atoms with Crippen molar-refractivity contribution in [3.8, 4) is 11.5 Å². The number of hydrogen-bond acceptors (Lipinski definition) is 3. The number of benzene rings is 3. The van der Waals surface area contributed by atoms with E-state index in [-0.39, 0.29) is 5.78 Å². The Bertz CT molecular complexity index is 929. The summed E-state index contributed by atoms with van der Waals surface area (Å²) < 4.78 is 11.4. The highest BCUT2D eigenvalue weighted by atomic mass is 16.5. The zero-order chi connectivity index (χ0) is 17.2. The molecule has 3 aromatic rings. The van der Waals surface area contributed by atoms with E-state index in [1.807, 2.05) is 60.7 Å². The van der Waals surface area contributed by atoms with Crippen molar-refractivity contribution in [3.05, 3.63) is 94.5 Å². The number of fused-ring (bicyclic) bond motifs is 2. The molecule has 0 atom stereocenters. The van der Waals surface area contributed by atoms with Gasteiger partial charge in [-0.1, -0.05) is 54.6 Å². The lowest BCUT2D eigenvalue weighted by Gasteiger charge is -2.21. The van der Waals surface area contributed by atoms with Gasteiger partial charge in [0.2, 0.25) is 0 Å². The number of ketones is 1. The van der Waals surface area contributed by atoms with Gasteiger partial charge in [-0.15, -0.1) is 0 Å². The van der Waals surface area contributed by atoms with Crippen LogP contribution in [0.3, 0.4) is 0 Å². The minimum atomic E-state index is 0.0170. The van der Waals surface area contributed by atoms with Crippen molar-refractivity contribution in [1.29, 1.82) is 0 Å². The molecule has 0 radical (unpaired) electrons. The molecule has 3 nitrogen and oxygen atoms in total. The van der Waals surface area contributed by atoms with E-state index in [9.17, 15) is 4.79 Å². The van der Waals surface area contributed by atoms with Gasteiger partial charge in [0.05, 0.1) is 12.7 Å². The highest BCUT2D eigenvalue weighted by Gasteiger charge is 2.27. The number of rotatable bonds is 4. The van der Waals surface area contributed by atoms with Gasteiger partial charge in [-0.2, -0.15) is 0 Å². The quantitative estimate of drug-likeness (QED) is 0.556. The zero-order valence-electron chi connectivity index (χ0n) is 14.0. The van der Waals surface area contributed by atoms with Crippen LogP contribution in [0.2, 0.25) is 0 Å². The maximum absolute atomic E-state index is 12.9. The summed E-state index contributed by atoms with van der Waals surface area (Å²) in [6.45, 7) is 0.479. The van der Waals surface area contributed by atoms with Gasteiger partial charge in [0, 0.05) is 11.6 Å². The molecule has 0 N–H and O–H groups in total. The Hall–Kier alpha value is -3.07. The van der Waals surface area contributed by atoms with E-state index in [1.54, 1.807) is 13.2 Å². The highest BCUT2D eigenvalue weighted by molar-refractivity contribution is 6.14. The first-order chi connectivity index (χ1) is 12.3. The maximum Gasteiger partial charge on any atom is 0.197 e. The van der Waals surface area contributed by atoms with Gasteiger partial charge in [-0.3, -0.25) is 4.79 Å². The molecule has 0 aromatic heterocycles. The number of carbonyl (C=O) groups is 1. The van der Waals surface area contributed by atoms with Crippen LogP contribution >= 0.6 is 0 Å². The molecule has 0 saturated heterocycles. The largest absolute Gasteiger partial charge is 0.496 e. The molecule has 0 aliphatic heterocycles. The second-order valence-electron chi connectivity index (χ2n) is 6.10. The molecule has 1 aliphatic carbocycles. The minimum Gasteiger partial charge on any atom is -0.496 e. The molecular formula is C22H18O3. The van der Waals surface area contributed by atoms with Crippen LogP contribution in [-0.2, 0) is 13.0 Å². The molecule has 0 unspecified atom stereocenters. The Labute approximate surface area is 146 Å². The van der Waals surface area contributed by atoms with Crippen LogP contribution in [0, 0.1) is 0 Å². The third-order valence-corrected chi connectivity index (χ3v) is 4.50. The van der Waals surface area contributed by atoms with E-state index in [0.717, 1.165) is 22.3 Å². The van der Waals surface area contributed by atoms with Gasteiger partial charge in [0.15, 0.2) is 5.78 Å². The first kappa shape index (κ1) is 15.5. The molecule has 25 heavy (non-hydrogen) atoms. The second-order valence-corrected chi connectivity index (χ2v) is 6.10. The number of hydrogen-bond donors (Lipinski definition) is 0. The molecule has 0 heterocycles. The summed E-state index contributed by atoms with van der Waals surface area (Å²) in [5.74, 6) is 1.30. The zero-order valence-corrected chi connectivity index (χ0v) is 14.0. The monoisotopic (exact) mass is 330 g/mol. The van der Waals surface area contributed by atoms with Gasteiger partial charge in [-0.05, 0) is 29.2 Å². The van der Waals surface area contributed by atoms with E-state index in [2.05, 4.69) is 0 Å². The van der Waals surface area contributed by atoms with Gasteiger partial charge in [0.25, 0.3) is 0 Å².